The predicted octanol–water partition coefficient (Wildman–Crippen LogP) is 6.66. The van der Waals surface area contributed by atoms with Crippen LogP contribution in [-0.4, -0.2) is 40.9 Å². The molecule has 1 aromatic heterocycles. The molecule has 0 bridgehead atoms. The van der Waals surface area contributed by atoms with Crippen molar-refractivity contribution in [2.24, 2.45) is 4.99 Å². The molecular formula is C29H25Cl2N5O2. The molecule has 7 nitrogen and oxygen atoms in total. The molecule has 2 aliphatic heterocycles. The minimum absolute atomic E-state index is 0.157. The Kier molecular flexibility index (Phi) is 6.89. The van der Waals surface area contributed by atoms with E-state index in [2.05, 4.69) is 20.9 Å². The second-order valence-corrected chi connectivity index (χ2v) is 9.86. The monoisotopic (exact) mass is 545 g/mol. The van der Waals surface area contributed by atoms with Crippen LogP contribution in [0.25, 0.3) is 28.1 Å². The molecule has 3 aromatic rings. The number of pyridine rings is 1. The van der Waals surface area contributed by atoms with E-state index in [-0.39, 0.29) is 6.04 Å². The van der Waals surface area contributed by atoms with E-state index < -0.39 is 0 Å². The second-order valence-electron chi connectivity index (χ2n) is 9.05. The van der Waals surface area contributed by atoms with Crippen LogP contribution in [0.5, 0.6) is 5.88 Å². The smallest absolute Gasteiger partial charge is 0.237 e. The number of nitrogens with zero attached hydrogens (tertiary/aromatic N) is 4. The van der Waals surface area contributed by atoms with Crippen molar-refractivity contribution in [3.63, 3.8) is 0 Å². The Morgan fingerprint density at radius 1 is 0.974 bits per heavy atom. The molecule has 2 aromatic carbocycles. The van der Waals surface area contributed by atoms with Crippen molar-refractivity contribution >= 4 is 45.6 Å². The number of rotatable bonds is 5. The highest BCUT2D eigenvalue weighted by Gasteiger charge is 2.19. The first kappa shape index (κ1) is 24.7. The third-order valence-electron chi connectivity index (χ3n) is 6.61. The van der Waals surface area contributed by atoms with E-state index in [1.54, 1.807) is 13.3 Å². The number of anilines is 2. The molecule has 0 atom stereocenters. The summed E-state index contributed by atoms with van der Waals surface area (Å²) in [6, 6.07) is 21.7. The lowest BCUT2D eigenvalue weighted by Gasteiger charge is -2.22. The summed E-state index contributed by atoms with van der Waals surface area (Å²) in [4.78, 5) is 14.5. The molecule has 38 heavy (non-hydrogen) atoms. The van der Waals surface area contributed by atoms with Crippen molar-refractivity contribution in [3.8, 4) is 23.0 Å². The highest BCUT2D eigenvalue weighted by molar-refractivity contribution is 6.42. The summed E-state index contributed by atoms with van der Waals surface area (Å²) >= 11 is 12.7. The van der Waals surface area contributed by atoms with Crippen molar-refractivity contribution in [3.05, 3.63) is 88.3 Å². The molecule has 3 aliphatic rings. The van der Waals surface area contributed by atoms with E-state index in [4.69, 9.17) is 42.7 Å². The van der Waals surface area contributed by atoms with Crippen molar-refractivity contribution < 1.29 is 9.47 Å². The average molecular weight is 546 g/mol. The van der Waals surface area contributed by atoms with Gasteiger partial charge in [0.1, 0.15) is 5.69 Å². The van der Waals surface area contributed by atoms with Crippen LogP contribution in [0.15, 0.2) is 77.9 Å². The third-order valence-corrected chi connectivity index (χ3v) is 7.34. The minimum atomic E-state index is 0.157. The average Bonchev–Trinajstić information content (AvgIpc) is 2.94. The van der Waals surface area contributed by atoms with Gasteiger partial charge in [0.25, 0.3) is 0 Å². The maximum absolute atomic E-state index is 6.45. The summed E-state index contributed by atoms with van der Waals surface area (Å²) in [6.45, 7) is 1.41. The molecular weight excluding hydrogens is 521 g/mol. The van der Waals surface area contributed by atoms with Gasteiger partial charge in [-0.3, -0.25) is 4.99 Å². The fourth-order valence-corrected chi connectivity index (χ4v) is 5.05. The van der Waals surface area contributed by atoms with Crippen molar-refractivity contribution in [2.75, 3.05) is 25.6 Å². The molecule has 0 saturated carbocycles. The van der Waals surface area contributed by atoms with E-state index in [0.29, 0.717) is 29.1 Å². The first-order chi connectivity index (χ1) is 18.6. The topological polar surface area (TPSA) is 73.6 Å². The third kappa shape index (κ3) is 4.80. The Balaban J connectivity index is 1.63. The molecule has 1 saturated heterocycles. The fourth-order valence-electron chi connectivity index (χ4n) is 4.76. The molecule has 0 amide bonds. The Hall–Kier alpha value is -3.65. The summed E-state index contributed by atoms with van der Waals surface area (Å²) in [5.41, 5.74) is 5.95. The molecule has 3 heterocycles. The van der Waals surface area contributed by atoms with Gasteiger partial charge in [0, 0.05) is 25.1 Å². The van der Waals surface area contributed by atoms with Crippen LogP contribution in [0.4, 0.5) is 11.4 Å². The van der Waals surface area contributed by atoms with Crippen LogP contribution in [-0.2, 0) is 4.74 Å². The molecule has 9 heteroatoms. The van der Waals surface area contributed by atoms with Crippen LogP contribution < -0.4 is 15.4 Å². The number of methoxy groups -OCH3 is 1. The number of hydrogen-bond donors (Lipinski definition) is 1. The Bertz CT molecular complexity index is 1660. The van der Waals surface area contributed by atoms with Crippen LogP contribution in [0.2, 0.25) is 10.0 Å². The van der Waals surface area contributed by atoms with Gasteiger partial charge in [0.2, 0.25) is 5.88 Å². The number of hydrogen-bond acceptors (Lipinski definition) is 6. The fraction of sp³-hybridized carbons (Fsp3) is 0.207. The first-order valence-corrected chi connectivity index (χ1v) is 13.1. The standard InChI is InChI=1S/C29H25Cl2N5O2/c1-37-29-23(6-4-12-32-29)35-24-16-26-28(17-25(24)33-18-10-13-38-14-11-18)36(19-8-9-20(30)21(31)15-19)27-7-3-2-5-22(27)34-26/h2-9,12,15-18,35H,10-11,13-14H2,1H3/b33-25+. The van der Waals surface area contributed by atoms with E-state index in [0.717, 1.165) is 57.7 Å². The second kappa shape index (κ2) is 10.6. The number of halogens is 2. The predicted molar refractivity (Wildman–Crippen MR) is 151 cm³/mol. The zero-order valence-electron chi connectivity index (χ0n) is 20.7. The number of ether oxygens (including phenoxy) is 2. The number of benzene rings is 3. The molecule has 1 fully saturated rings. The summed E-state index contributed by atoms with van der Waals surface area (Å²) in [7, 11) is 1.61. The van der Waals surface area contributed by atoms with Crippen LogP contribution in [0.3, 0.4) is 0 Å². The highest BCUT2D eigenvalue weighted by atomic mass is 35.5. The lowest BCUT2D eigenvalue weighted by Crippen LogP contribution is -2.23. The number of nitrogens with one attached hydrogen (secondary N) is 1. The van der Waals surface area contributed by atoms with E-state index in [1.165, 1.54) is 0 Å². The van der Waals surface area contributed by atoms with E-state index in [1.807, 2.05) is 60.7 Å². The maximum atomic E-state index is 6.45. The van der Waals surface area contributed by atoms with Crippen molar-refractivity contribution in [1.82, 2.24) is 14.5 Å². The lowest BCUT2D eigenvalue weighted by atomic mass is 10.1. The van der Waals surface area contributed by atoms with E-state index >= 15 is 0 Å². The first-order valence-electron chi connectivity index (χ1n) is 12.4. The summed E-state index contributed by atoms with van der Waals surface area (Å²) in [5.74, 6) is 0.502. The maximum Gasteiger partial charge on any atom is 0.237 e. The number of para-hydroxylation sites is 2. The molecule has 0 unspecified atom stereocenters. The molecule has 1 N–H and O–H groups in total. The SMILES string of the molecule is COc1ncccc1Nc1cc2nc3ccccc3n(-c3ccc(Cl)c(Cl)c3)c-2c/c1=N\C1CCOCC1. The van der Waals surface area contributed by atoms with Gasteiger partial charge >= 0.3 is 0 Å². The van der Waals surface area contributed by atoms with Gasteiger partial charge in [0.15, 0.2) is 0 Å². The molecule has 192 valence electrons. The largest absolute Gasteiger partial charge is 0.480 e. The minimum Gasteiger partial charge on any atom is -0.480 e. The molecule has 6 rings (SSSR count). The van der Waals surface area contributed by atoms with Gasteiger partial charge in [-0.25, -0.2) is 9.97 Å². The summed E-state index contributed by atoms with van der Waals surface area (Å²) < 4.78 is 13.2. The van der Waals surface area contributed by atoms with Gasteiger partial charge in [-0.2, -0.15) is 0 Å². The summed E-state index contributed by atoms with van der Waals surface area (Å²) in [5, 5.41) is 5.31. The van der Waals surface area contributed by atoms with Crippen LogP contribution >= 0.6 is 23.2 Å². The normalized spacial score (nSPS) is 14.8. The number of aromatic nitrogens is 3. The van der Waals surface area contributed by atoms with Crippen molar-refractivity contribution in [1.29, 1.82) is 0 Å². The Morgan fingerprint density at radius 3 is 2.63 bits per heavy atom. The lowest BCUT2D eigenvalue weighted by molar-refractivity contribution is 0.0864. The van der Waals surface area contributed by atoms with Gasteiger partial charge in [0.05, 0.1) is 56.7 Å². The van der Waals surface area contributed by atoms with E-state index in [9.17, 15) is 0 Å². The van der Waals surface area contributed by atoms with Gasteiger partial charge in [-0.05, 0) is 67.4 Å². The van der Waals surface area contributed by atoms with Gasteiger partial charge in [-0.15, -0.1) is 0 Å². The highest BCUT2D eigenvalue weighted by Crippen LogP contribution is 2.33. The zero-order chi connectivity index (χ0) is 26.1. The molecule has 0 radical (unpaired) electrons. The molecule has 0 spiro atoms. The van der Waals surface area contributed by atoms with Gasteiger partial charge in [-0.1, -0.05) is 35.3 Å². The van der Waals surface area contributed by atoms with Crippen molar-refractivity contribution in [2.45, 2.75) is 18.9 Å². The zero-order valence-corrected chi connectivity index (χ0v) is 22.2. The quantitative estimate of drug-likeness (QED) is 0.250. The van der Waals surface area contributed by atoms with Gasteiger partial charge < -0.3 is 19.4 Å². The Labute approximate surface area is 230 Å². The number of fused-ring (bicyclic) bond motifs is 2. The van der Waals surface area contributed by atoms with Crippen LogP contribution in [0.1, 0.15) is 12.8 Å². The summed E-state index contributed by atoms with van der Waals surface area (Å²) in [6.07, 6.45) is 3.44. The Morgan fingerprint density at radius 2 is 1.82 bits per heavy atom. The molecule has 1 aliphatic carbocycles. The van der Waals surface area contributed by atoms with Crippen LogP contribution in [0, 0.1) is 0 Å².